The summed E-state index contributed by atoms with van der Waals surface area (Å²) in [7, 11) is 0. The highest BCUT2D eigenvalue weighted by Gasteiger charge is 2.30. The van der Waals surface area contributed by atoms with Gasteiger partial charge in [0.05, 0.1) is 17.4 Å². The van der Waals surface area contributed by atoms with Crippen LogP contribution >= 0.6 is 11.8 Å². The van der Waals surface area contributed by atoms with E-state index in [4.69, 9.17) is 5.73 Å². The molecule has 2 aliphatic rings. The van der Waals surface area contributed by atoms with Crippen molar-refractivity contribution in [3.05, 3.63) is 29.8 Å². The van der Waals surface area contributed by atoms with E-state index in [2.05, 4.69) is 4.99 Å². The lowest BCUT2D eigenvalue weighted by atomic mass is 9.97. The molecule has 3 rings (SSSR count). The average molecular weight is 374 g/mol. The van der Waals surface area contributed by atoms with Crippen LogP contribution in [0.15, 0.2) is 29.3 Å². The van der Waals surface area contributed by atoms with Gasteiger partial charge in [-0.05, 0) is 31.9 Å². The lowest BCUT2D eigenvalue weighted by Gasteiger charge is -2.31. The standard InChI is InChI=1S/C18H22N4O3S/c1-12-4-6-14(7-5-12)22-15(23)9-20-18(22)26-11-16(24)21-8-2-3-13(10-21)17(19)25/h4-7,13H,2-3,8-11H2,1H3,(H2,19,25)/t13-/m1/s1. The third kappa shape index (κ3) is 4.07. The number of anilines is 1. The minimum atomic E-state index is -0.355. The number of rotatable bonds is 4. The van der Waals surface area contributed by atoms with Gasteiger partial charge in [-0.2, -0.15) is 0 Å². The van der Waals surface area contributed by atoms with E-state index in [0.717, 1.165) is 24.1 Å². The molecule has 0 unspecified atom stereocenters. The Morgan fingerprint density at radius 3 is 2.73 bits per heavy atom. The van der Waals surface area contributed by atoms with Gasteiger partial charge in [-0.3, -0.25) is 24.3 Å². The highest BCUT2D eigenvalue weighted by molar-refractivity contribution is 8.14. The number of amidine groups is 1. The van der Waals surface area contributed by atoms with Crippen LogP contribution in [0.4, 0.5) is 5.69 Å². The van der Waals surface area contributed by atoms with Crippen molar-refractivity contribution < 1.29 is 14.4 Å². The zero-order valence-electron chi connectivity index (χ0n) is 14.7. The number of piperidine rings is 1. The number of amides is 3. The predicted octanol–water partition coefficient (Wildman–Crippen LogP) is 1.15. The molecule has 0 aromatic heterocycles. The Hall–Kier alpha value is -2.35. The normalized spacial score (nSPS) is 20.3. The largest absolute Gasteiger partial charge is 0.369 e. The monoisotopic (exact) mass is 374 g/mol. The number of hydrogen-bond acceptors (Lipinski definition) is 5. The number of thioether (sulfide) groups is 1. The number of aryl methyl sites for hydroxylation is 1. The molecule has 2 N–H and O–H groups in total. The van der Waals surface area contributed by atoms with Crippen LogP contribution in [0.1, 0.15) is 18.4 Å². The van der Waals surface area contributed by atoms with E-state index in [9.17, 15) is 14.4 Å². The van der Waals surface area contributed by atoms with E-state index in [0.29, 0.717) is 18.3 Å². The number of carbonyl (C=O) groups is 3. The molecule has 1 fully saturated rings. The molecule has 1 aromatic carbocycles. The molecular weight excluding hydrogens is 352 g/mol. The van der Waals surface area contributed by atoms with Crippen LogP contribution in [0.2, 0.25) is 0 Å². The lowest BCUT2D eigenvalue weighted by Crippen LogP contribution is -2.45. The second kappa shape index (κ2) is 7.90. The fourth-order valence-corrected chi connectivity index (χ4v) is 4.02. The third-order valence-corrected chi connectivity index (χ3v) is 5.54. The van der Waals surface area contributed by atoms with Gasteiger partial charge in [0.1, 0.15) is 6.54 Å². The smallest absolute Gasteiger partial charge is 0.254 e. The van der Waals surface area contributed by atoms with Crippen LogP contribution in [0.25, 0.3) is 0 Å². The highest BCUT2D eigenvalue weighted by Crippen LogP contribution is 2.25. The first kappa shape index (κ1) is 18.4. The second-order valence-corrected chi connectivity index (χ2v) is 7.48. The molecule has 0 saturated carbocycles. The summed E-state index contributed by atoms with van der Waals surface area (Å²) in [5.41, 5.74) is 7.23. The summed E-state index contributed by atoms with van der Waals surface area (Å²) in [5, 5.41) is 0.538. The number of nitrogens with zero attached hydrogens (tertiary/aromatic N) is 3. The van der Waals surface area contributed by atoms with E-state index < -0.39 is 0 Å². The van der Waals surface area contributed by atoms with Gasteiger partial charge in [-0.25, -0.2) is 0 Å². The Labute approximate surface area is 156 Å². The number of aliphatic imine (C=N–C) groups is 1. The summed E-state index contributed by atoms with van der Waals surface area (Å²) in [6.45, 7) is 3.09. The number of carbonyl (C=O) groups excluding carboxylic acids is 3. The lowest BCUT2D eigenvalue weighted by molar-refractivity contribution is -0.132. The summed E-state index contributed by atoms with van der Waals surface area (Å²) >= 11 is 1.25. The van der Waals surface area contributed by atoms with Gasteiger partial charge in [-0.1, -0.05) is 29.5 Å². The predicted molar refractivity (Wildman–Crippen MR) is 102 cm³/mol. The zero-order chi connectivity index (χ0) is 18.7. The minimum Gasteiger partial charge on any atom is -0.369 e. The van der Waals surface area contributed by atoms with Gasteiger partial charge in [0.25, 0.3) is 5.91 Å². The van der Waals surface area contributed by atoms with Gasteiger partial charge in [0, 0.05) is 13.1 Å². The topological polar surface area (TPSA) is 96.1 Å². The molecule has 1 atom stereocenters. The first-order chi connectivity index (χ1) is 12.5. The summed E-state index contributed by atoms with van der Waals surface area (Å²) in [5.74, 6) is -0.610. The number of likely N-dealkylation sites (tertiary alicyclic amines) is 1. The number of hydrogen-bond donors (Lipinski definition) is 1. The molecular formula is C18H22N4O3S. The fourth-order valence-electron chi connectivity index (χ4n) is 3.10. The molecule has 8 heteroatoms. The third-order valence-electron chi connectivity index (χ3n) is 4.58. The highest BCUT2D eigenvalue weighted by atomic mass is 32.2. The number of benzene rings is 1. The second-order valence-electron chi connectivity index (χ2n) is 6.53. The van der Waals surface area contributed by atoms with Crippen molar-refractivity contribution in [2.75, 3.05) is 30.3 Å². The Morgan fingerprint density at radius 1 is 1.31 bits per heavy atom. The molecule has 3 amide bonds. The fraction of sp³-hybridized carbons (Fsp3) is 0.444. The number of nitrogens with two attached hydrogens (primary N) is 1. The molecule has 1 saturated heterocycles. The zero-order valence-corrected chi connectivity index (χ0v) is 15.5. The van der Waals surface area contributed by atoms with E-state index in [1.807, 2.05) is 31.2 Å². The van der Waals surface area contributed by atoms with Crippen molar-refractivity contribution in [1.29, 1.82) is 0 Å². The average Bonchev–Trinajstić information content (AvgIpc) is 3.01. The summed E-state index contributed by atoms with van der Waals surface area (Å²) in [6.07, 6.45) is 1.51. The maximum atomic E-state index is 12.5. The molecule has 0 radical (unpaired) electrons. The maximum absolute atomic E-state index is 12.5. The first-order valence-electron chi connectivity index (χ1n) is 8.59. The van der Waals surface area contributed by atoms with Crippen molar-refractivity contribution in [1.82, 2.24) is 4.90 Å². The van der Waals surface area contributed by atoms with Crippen molar-refractivity contribution in [3.8, 4) is 0 Å². The minimum absolute atomic E-state index is 0.0631. The van der Waals surface area contributed by atoms with Gasteiger partial charge < -0.3 is 10.6 Å². The van der Waals surface area contributed by atoms with Crippen molar-refractivity contribution >= 4 is 40.3 Å². The van der Waals surface area contributed by atoms with Gasteiger partial charge in [-0.15, -0.1) is 0 Å². The van der Waals surface area contributed by atoms with Crippen LogP contribution in [-0.4, -0.2) is 53.2 Å². The molecule has 2 heterocycles. The maximum Gasteiger partial charge on any atom is 0.254 e. The molecule has 1 aromatic rings. The van der Waals surface area contributed by atoms with E-state index in [1.165, 1.54) is 11.8 Å². The summed E-state index contributed by atoms with van der Waals surface area (Å²) in [6, 6.07) is 7.62. The van der Waals surface area contributed by atoms with Crippen LogP contribution < -0.4 is 10.6 Å². The Kier molecular flexibility index (Phi) is 5.61. The van der Waals surface area contributed by atoms with Crippen molar-refractivity contribution in [2.45, 2.75) is 19.8 Å². The van der Waals surface area contributed by atoms with Crippen LogP contribution in [0.3, 0.4) is 0 Å². The molecule has 26 heavy (non-hydrogen) atoms. The SMILES string of the molecule is Cc1ccc(N2C(=O)CN=C2SCC(=O)N2CCC[C@@H](C(N)=O)C2)cc1. The van der Waals surface area contributed by atoms with E-state index >= 15 is 0 Å². The van der Waals surface area contributed by atoms with Gasteiger partial charge >= 0.3 is 0 Å². The molecule has 0 bridgehead atoms. The van der Waals surface area contributed by atoms with Gasteiger partial charge in [0.2, 0.25) is 11.8 Å². The Bertz CT molecular complexity index is 747. The molecule has 2 aliphatic heterocycles. The molecule has 138 valence electrons. The molecule has 0 aliphatic carbocycles. The molecule has 7 nitrogen and oxygen atoms in total. The first-order valence-corrected chi connectivity index (χ1v) is 9.58. The quantitative estimate of drug-likeness (QED) is 0.855. The van der Waals surface area contributed by atoms with Crippen molar-refractivity contribution in [3.63, 3.8) is 0 Å². The van der Waals surface area contributed by atoms with Crippen LogP contribution in [0, 0.1) is 12.8 Å². The van der Waals surface area contributed by atoms with Crippen LogP contribution in [-0.2, 0) is 14.4 Å². The molecule has 0 spiro atoms. The summed E-state index contributed by atoms with van der Waals surface area (Å²) in [4.78, 5) is 43.5. The Morgan fingerprint density at radius 2 is 2.04 bits per heavy atom. The van der Waals surface area contributed by atoms with Gasteiger partial charge in [0.15, 0.2) is 5.17 Å². The summed E-state index contributed by atoms with van der Waals surface area (Å²) < 4.78 is 0. The van der Waals surface area contributed by atoms with Crippen molar-refractivity contribution in [2.24, 2.45) is 16.6 Å². The Balaban J connectivity index is 1.61. The van der Waals surface area contributed by atoms with E-state index in [-0.39, 0.29) is 35.9 Å². The van der Waals surface area contributed by atoms with Crippen LogP contribution in [0.5, 0.6) is 0 Å². The number of primary amides is 1. The van der Waals surface area contributed by atoms with E-state index in [1.54, 1.807) is 9.80 Å².